The number of carbonyl (C=O) groups is 1. The van der Waals surface area contributed by atoms with Crippen molar-refractivity contribution in [3.05, 3.63) is 18.1 Å². The van der Waals surface area contributed by atoms with Crippen LogP contribution in [0.5, 0.6) is 0 Å². The van der Waals surface area contributed by atoms with Crippen molar-refractivity contribution >= 4 is 11.7 Å². The van der Waals surface area contributed by atoms with Gasteiger partial charge in [0.25, 0.3) is 5.91 Å². The third kappa shape index (κ3) is 3.66. The molecule has 0 spiro atoms. The minimum atomic E-state index is -0.116. The fourth-order valence-corrected chi connectivity index (χ4v) is 2.17. The van der Waals surface area contributed by atoms with Gasteiger partial charge in [0.2, 0.25) is 0 Å². The van der Waals surface area contributed by atoms with Crippen molar-refractivity contribution in [2.45, 2.75) is 45.6 Å². The maximum Gasteiger partial charge on any atom is 0.270 e. The van der Waals surface area contributed by atoms with Gasteiger partial charge in [-0.05, 0) is 32.6 Å². The molecule has 5 heteroatoms. The van der Waals surface area contributed by atoms with Crippen LogP contribution in [0.3, 0.4) is 0 Å². The molecule has 1 aromatic rings. The van der Waals surface area contributed by atoms with Crippen molar-refractivity contribution in [3.63, 3.8) is 0 Å². The maximum absolute atomic E-state index is 12.0. The van der Waals surface area contributed by atoms with E-state index in [4.69, 9.17) is 0 Å². The van der Waals surface area contributed by atoms with Gasteiger partial charge in [-0.3, -0.25) is 4.79 Å². The molecule has 5 nitrogen and oxygen atoms in total. The van der Waals surface area contributed by atoms with Gasteiger partial charge in [0.15, 0.2) is 0 Å². The summed E-state index contributed by atoms with van der Waals surface area (Å²) in [5, 5.41) is 2.93. The number of nitrogens with one attached hydrogen (secondary N) is 1. The normalized spacial score (nSPS) is 17.1. The van der Waals surface area contributed by atoms with Crippen LogP contribution in [0.15, 0.2) is 12.4 Å². The van der Waals surface area contributed by atoms with Crippen LogP contribution in [-0.4, -0.2) is 35.0 Å². The third-order valence-corrected chi connectivity index (χ3v) is 3.56. The smallest absolute Gasteiger partial charge is 0.270 e. The molecule has 1 atom stereocenters. The molecule has 1 fully saturated rings. The zero-order valence-electron chi connectivity index (χ0n) is 11.7. The van der Waals surface area contributed by atoms with Crippen LogP contribution in [0.4, 0.5) is 5.82 Å². The number of hydrogen-bond acceptors (Lipinski definition) is 4. The van der Waals surface area contributed by atoms with Crippen LogP contribution < -0.4 is 10.2 Å². The first kappa shape index (κ1) is 13.8. The maximum atomic E-state index is 12.0. The van der Waals surface area contributed by atoms with Crippen molar-refractivity contribution in [2.75, 3.05) is 18.0 Å². The molecular weight excluding hydrogens is 240 g/mol. The summed E-state index contributed by atoms with van der Waals surface area (Å²) in [6, 6.07) is 1.96. The van der Waals surface area contributed by atoms with Crippen molar-refractivity contribution < 1.29 is 4.79 Å². The second-order valence-electron chi connectivity index (χ2n) is 5.09. The van der Waals surface area contributed by atoms with E-state index in [-0.39, 0.29) is 11.9 Å². The topological polar surface area (TPSA) is 58.1 Å². The van der Waals surface area contributed by atoms with Gasteiger partial charge in [-0.1, -0.05) is 6.92 Å². The summed E-state index contributed by atoms with van der Waals surface area (Å²) < 4.78 is 0. The molecule has 1 aliphatic heterocycles. The highest BCUT2D eigenvalue weighted by Crippen LogP contribution is 2.17. The molecule has 1 N–H and O–H groups in total. The average molecular weight is 262 g/mol. The third-order valence-electron chi connectivity index (χ3n) is 3.56. The van der Waals surface area contributed by atoms with Crippen LogP contribution in [0.1, 0.15) is 50.0 Å². The second-order valence-corrected chi connectivity index (χ2v) is 5.09. The standard InChI is InChI=1S/C14H22N4O/c1-3-11(2)17-14(19)12-9-13(16-10-15-12)18-7-5-4-6-8-18/h9-11H,3-8H2,1-2H3,(H,17,19). The predicted molar refractivity (Wildman–Crippen MR) is 75.3 cm³/mol. The van der Waals surface area contributed by atoms with Crippen LogP contribution in [0.25, 0.3) is 0 Å². The highest BCUT2D eigenvalue weighted by atomic mass is 16.1. The van der Waals surface area contributed by atoms with Crippen molar-refractivity contribution in [2.24, 2.45) is 0 Å². The Morgan fingerprint density at radius 1 is 1.37 bits per heavy atom. The van der Waals surface area contributed by atoms with Crippen molar-refractivity contribution in [3.8, 4) is 0 Å². The summed E-state index contributed by atoms with van der Waals surface area (Å²) in [5.41, 5.74) is 0.455. The summed E-state index contributed by atoms with van der Waals surface area (Å²) in [4.78, 5) is 22.6. The Bertz CT molecular complexity index is 429. The highest BCUT2D eigenvalue weighted by Gasteiger charge is 2.15. The Balaban J connectivity index is 2.07. The molecule has 0 radical (unpaired) electrons. The first-order valence-corrected chi connectivity index (χ1v) is 7.08. The molecule has 1 amide bonds. The monoisotopic (exact) mass is 262 g/mol. The summed E-state index contributed by atoms with van der Waals surface area (Å²) in [6.45, 7) is 6.07. The lowest BCUT2D eigenvalue weighted by atomic mass is 10.1. The summed E-state index contributed by atoms with van der Waals surface area (Å²) in [5.74, 6) is 0.749. The minimum Gasteiger partial charge on any atom is -0.357 e. The first-order valence-electron chi connectivity index (χ1n) is 7.08. The fraction of sp³-hybridized carbons (Fsp3) is 0.643. The lowest BCUT2D eigenvalue weighted by Crippen LogP contribution is -2.33. The van der Waals surface area contributed by atoms with Crippen LogP contribution in [-0.2, 0) is 0 Å². The first-order chi connectivity index (χ1) is 9.20. The number of anilines is 1. The van der Waals surface area contributed by atoms with E-state index in [9.17, 15) is 4.79 Å². The van der Waals surface area contributed by atoms with Gasteiger partial charge in [0.1, 0.15) is 17.8 Å². The molecule has 1 saturated heterocycles. The fourth-order valence-electron chi connectivity index (χ4n) is 2.17. The molecule has 19 heavy (non-hydrogen) atoms. The SMILES string of the molecule is CCC(C)NC(=O)c1cc(N2CCCCC2)ncn1. The molecule has 0 aliphatic carbocycles. The lowest BCUT2D eigenvalue weighted by Gasteiger charge is -2.27. The van der Waals surface area contributed by atoms with E-state index in [0.717, 1.165) is 25.3 Å². The molecule has 104 valence electrons. The zero-order chi connectivity index (χ0) is 13.7. The molecule has 2 heterocycles. The Hall–Kier alpha value is -1.65. The number of rotatable bonds is 4. The van der Waals surface area contributed by atoms with Crippen LogP contribution in [0, 0.1) is 0 Å². The second kappa shape index (κ2) is 6.50. The number of nitrogens with zero attached hydrogens (tertiary/aromatic N) is 3. The number of carbonyl (C=O) groups excluding carboxylic acids is 1. The number of aromatic nitrogens is 2. The minimum absolute atomic E-state index is 0.116. The molecule has 1 aliphatic rings. The molecule has 2 rings (SSSR count). The van der Waals surface area contributed by atoms with Gasteiger partial charge < -0.3 is 10.2 Å². The van der Waals surface area contributed by atoms with Crippen molar-refractivity contribution in [1.82, 2.24) is 15.3 Å². The molecule has 0 bridgehead atoms. The number of amides is 1. The number of piperidine rings is 1. The van der Waals surface area contributed by atoms with E-state index in [1.54, 1.807) is 6.07 Å². The van der Waals surface area contributed by atoms with Gasteiger partial charge in [0.05, 0.1) is 0 Å². The average Bonchev–Trinajstić information content (AvgIpc) is 2.48. The summed E-state index contributed by atoms with van der Waals surface area (Å²) in [6.07, 6.45) is 6.06. The Morgan fingerprint density at radius 3 is 2.79 bits per heavy atom. The van der Waals surface area contributed by atoms with E-state index in [1.165, 1.54) is 25.6 Å². The zero-order valence-corrected chi connectivity index (χ0v) is 11.7. The van der Waals surface area contributed by atoms with E-state index in [0.29, 0.717) is 5.69 Å². The quantitative estimate of drug-likeness (QED) is 0.901. The Kier molecular flexibility index (Phi) is 4.71. The van der Waals surface area contributed by atoms with Crippen LogP contribution in [0.2, 0.25) is 0 Å². The Labute approximate surface area is 114 Å². The number of hydrogen-bond donors (Lipinski definition) is 1. The van der Waals surface area contributed by atoms with Gasteiger partial charge in [-0.15, -0.1) is 0 Å². The molecular formula is C14H22N4O. The summed E-state index contributed by atoms with van der Waals surface area (Å²) in [7, 11) is 0. The van der Waals surface area contributed by atoms with E-state index in [2.05, 4.69) is 20.2 Å². The molecule has 1 unspecified atom stereocenters. The van der Waals surface area contributed by atoms with Gasteiger partial charge in [-0.2, -0.15) is 0 Å². The lowest BCUT2D eigenvalue weighted by molar-refractivity contribution is 0.0934. The van der Waals surface area contributed by atoms with Crippen molar-refractivity contribution in [1.29, 1.82) is 0 Å². The summed E-state index contributed by atoms with van der Waals surface area (Å²) >= 11 is 0. The highest BCUT2D eigenvalue weighted by molar-refractivity contribution is 5.93. The van der Waals surface area contributed by atoms with Crippen LogP contribution >= 0.6 is 0 Å². The predicted octanol–water partition coefficient (Wildman–Crippen LogP) is 2.00. The largest absolute Gasteiger partial charge is 0.357 e. The molecule has 1 aromatic heterocycles. The molecule has 0 saturated carbocycles. The Morgan fingerprint density at radius 2 is 2.11 bits per heavy atom. The van der Waals surface area contributed by atoms with Gasteiger partial charge in [-0.25, -0.2) is 9.97 Å². The van der Waals surface area contributed by atoms with E-state index >= 15 is 0 Å². The van der Waals surface area contributed by atoms with Gasteiger partial charge >= 0.3 is 0 Å². The van der Waals surface area contributed by atoms with E-state index in [1.807, 2.05) is 13.8 Å². The molecule has 0 aromatic carbocycles. The van der Waals surface area contributed by atoms with E-state index < -0.39 is 0 Å². The van der Waals surface area contributed by atoms with Gasteiger partial charge in [0, 0.05) is 25.2 Å².